The van der Waals surface area contributed by atoms with Crippen molar-refractivity contribution in [3.05, 3.63) is 35.5 Å². The molecule has 1 heterocycles. The van der Waals surface area contributed by atoms with E-state index in [-0.39, 0.29) is 0 Å². The molecule has 0 saturated heterocycles. The van der Waals surface area contributed by atoms with E-state index in [2.05, 4.69) is 20.6 Å². The first-order valence-electron chi connectivity index (χ1n) is 5.57. The van der Waals surface area contributed by atoms with Gasteiger partial charge in [-0.2, -0.15) is 0 Å². The van der Waals surface area contributed by atoms with Crippen LogP contribution in [0.1, 0.15) is 11.3 Å². The summed E-state index contributed by atoms with van der Waals surface area (Å²) in [5.41, 5.74) is 7.81. The van der Waals surface area contributed by atoms with Crippen molar-refractivity contribution in [2.24, 2.45) is 0 Å². The first kappa shape index (κ1) is 12.8. The fraction of sp³-hybridized carbons (Fsp3) is 0.333. The fourth-order valence-corrected chi connectivity index (χ4v) is 2.16. The third-order valence-corrected chi connectivity index (χ3v) is 3.19. The smallest absolute Gasteiger partial charge is 0.132 e. The molecule has 96 valence electrons. The summed E-state index contributed by atoms with van der Waals surface area (Å²) < 4.78 is 9.03. The van der Waals surface area contributed by atoms with E-state index in [4.69, 9.17) is 10.5 Å². The molecule has 0 bridgehead atoms. The number of nitrogens with zero attached hydrogens (tertiary/aromatic N) is 3. The quantitative estimate of drug-likeness (QED) is 0.891. The van der Waals surface area contributed by atoms with Gasteiger partial charge in [0, 0.05) is 24.6 Å². The second kappa shape index (κ2) is 5.79. The molecule has 2 aromatic rings. The van der Waals surface area contributed by atoms with E-state index in [0.29, 0.717) is 11.5 Å². The number of anilines is 1. The first-order chi connectivity index (χ1) is 8.69. The van der Waals surface area contributed by atoms with Gasteiger partial charge in [-0.25, -0.2) is 0 Å². The van der Waals surface area contributed by atoms with E-state index in [9.17, 15) is 0 Å². The summed E-state index contributed by atoms with van der Waals surface area (Å²) >= 11 is 1.23. The summed E-state index contributed by atoms with van der Waals surface area (Å²) in [5.74, 6) is 0.871. The molecular weight excluding hydrogens is 248 g/mol. The van der Waals surface area contributed by atoms with Gasteiger partial charge < -0.3 is 10.5 Å². The van der Waals surface area contributed by atoms with Crippen LogP contribution in [0, 0.1) is 0 Å². The van der Waals surface area contributed by atoms with Gasteiger partial charge in [0.2, 0.25) is 0 Å². The number of benzene rings is 1. The average molecular weight is 264 g/mol. The Morgan fingerprint density at radius 1 is 1.39 bits per heavy atom. The maximum absolute atomic E-state index is 5.77. The Labute approximate surface area is 110 Å². The number of methoxy groups -OCH3 is 1. The van der Waals surface area contributed by atoms with Crippen molar-refractivity contribution in [3.63, 3.8) is 0 Å². The summed E-state index contributed by atoms with van der Waals surface area (Å²) in [5, 5.41) is 4.70. The average Bonchev–Trinajstić information content (AvgIpc) is 2.75. The lowest BCUT2D eigenvalue weighted by Crippen LogP contribution is -2.18. The molecule has 1 aromatic heterocycles. The van der Waals surface area contributed by atoms with Gasteiger partial charge in [0.15, 0.2) is 0 Å². The highest BCUT2D eigenvalue weighted by molar-refractivity contribution is 7.09. The number of nitrogen functional groups attached to an aromatic ring is 1. The molecule has 0 fully saturated rings. The Kier molecular flexibility index (Phi) is 4.11. The lowest BCUT2D eigenvalue weighted by Gasteiger charge is -2.15. The number of ether oxygens (including phenoxy) is 1. The highest BCUT2D eigenvalue weighted by Crippen LogP contribution is 2.17. The third kappa shape index (κ3) is 3.18. The highest BCUT2D eigenvalue weighted by atomic mass is 32.1. The first-order valence-corrected chi connectivity index (χ1v) is 6.34. The van der Waals surface area contributed by atoms with Gasteiger partial charge in [0.25, 0.3) is 0 Å². The van der Waals surface area contributed by atoms with E-state index >= 15 is 0 Å². The molecule has 0 aliphatic heterocycles. The summed E-state index contributed by atoms with van der Waals surface area (Å²) in [7, 11) is 3.70. The topological polar surface area (TPSA) is 64.3 Å². The summed E-state index contributed by atoms with van der Waals surface area (Å²) in [6.07, 6.45) is 0. The molecule has 2 N–H and O–H groups in total. The molecule has 2 rings (SSSR count). The Balaban J connectivity index is 1.98. The minimum atomic E-state index is 0.687. The molecule has 0 atom stereocenters. The monoisotopic (exact) mass is 264 g/mol. The molecular formula is C12H16N4OS. The maximum atomic E-state index is 5.77. The fourth-order valence-electron chi connectivity index (χ4n) is 1.72. The molecule has 6 heteroatoms. The standard InChI is InChI=1S/C12H16N4OS/c1-16(8-11-12(13)18-15-14-11)7-9-4-3-5-10(6-9)17-2/h3-6H,7-8,13H2,1-2H3. The Morgan fingerprint density at radius 3 is 2.89 bits per heavy atom. The van der Waals surface area contributed by atoms with Crippen LogP contribution in [0.5, 0.6) is 5.75 Å². The van der Waals surface area contributed by atoms with E-state index in [0.717, 1.165) is 18.0 Å². The predicted molar refractivity (Wildman–Crippen MR) is 72.5 cm³/mol. The second-order valence-electron chi connectivity index (χ2n) is 4.11. The third-order valence-electron chi connectivity index (χ3n) is 2.59. The van der Waals surface area contributed by atoms with Gasteiger partial charge >= 0.3 is 0 Å². The molecule has 0 spiro atoms. The van der Waals surface area contributed by atoms with Crippen LogP contribution < -0.4 is 10.5 Å². The SMILES string of the molecule is COc1cccc(CN(C)Cc2nnsc2N)c1. The number of nitrogens with two attached hydrogens (primary N) is 1. The van der Waals surface area contributed by atoms with E-state index in [1.807, 2.05) is 25.2 Å². The molecule has 0 radical (unpaired) electrons. The van der Waals surface area contributed by atoms with E-state index < -0.39 is 0 Å². The number of aromatic nitrogens is 2. The molecule has 5 nitrogen and oxygen atoms in total. The molecule has 0 aliphatic rings. The maximum Gasteiger partial charge on any atom is 0.132 e. The number of rotatable bonds is 5. The molecule has 18 heavy (non-hydrogen) atoms. The van der Waals surface area contributed by atoms with Crippen molar-refractivity contribution in [2.45, 2.75) is 13.1 Å². The van der Waals surface area contributed by atoms with Crippen molar-refractivity contribution < 1.29 is 4.74 Å². The van der Waals surface area contributed by atoms with Crippen LogP contribution in [0.3, 0.4) is 0 Å². The van der Waals surface area contributed by atoms with Gasteiger partial charge in [0.05, 0.1) is 7.11 Å². The molecule has 1 aromatic carbocycles. The second-order valence-corrected chi connectivity index (χ2v) is 4.89. The minimum absolute atomic E-state index is 0.687. The van der Waals surface area contributed by atoms with Gasteiger partial charge in [-0.05, 0) is 24.7 Å². The largest absolute Gasteiger partial charge is 0.497 e. The lowest BCUT2D eigenvalue weighted by molar-refractivity contribution is 0.314. The summed E-state index contributed by atoms with van der Waals surface area (Å²) in [6.45, 7) is 1.51. The van der Waals surface area contributed by atoms with Crippen LogP contribution in [-0.2, 0) is 13.1 Å². The van der Waals surface area contributed by atoms with Crippen LogP contribution in [0.4, 0.5) is 5.00 Å². The van der Waals surface area contributed by atoms with Crippen molar-refractivity contribution in [1.29, 1.82) is 0 Å². The van der Waals surface area contributed by atoms with E-state index in [1.54, 1.807) is 7.11 Å². The molecule has 0 unspecified atom stereocenters. The Hall–Kier alpha value is -1.66. The zero-order chi connectivity index (χ0) is 13.0. The van der Waals surface area contributed by atoms with Crippen molar-refractivity contribution in [1.82, 2.24) is 14.5 Å². The van der Waals surface area contributed by atoms with Gasteiger partial charge in [-0.1, -0.05) is 16.6 Å². The van der Waals surface area contributed by atoms with Crippen molar-refractivity contribution in [3.8, 4) is 5.75 Å². The molecule has 0 amide bonds. The van der Waals surface area contributed by atoms with Gasteiger partial charge in [0.1, 0.15) is 16.4 Å². The zero-order valence-electron chi connectivity index (χ0n) is 10.5. The minimum Gasteiger partial charge on any atom is -0.497 e. The number of hydrogen-bond donors (Lipinski definition) is 1. The van der Waals surface area contributed by atoms with E-state index in [1.165, 1.54) is 17.1 Å². The Morgan fingerprint density at radius 2 is 2.22 bits per heavy atom. The van der Waals surface area contributed by atoms with Crippen LogP contribution in [0.15, 0.2) is 24.3 Å². The predicted octanol–water partition coefficient (Wildman–Crippen LogP) is 1.76. The van der Waals surface area contributed by atoms with Crippen LogP contribution in [0.25, 0.3) is 0 Å². The van der Waals surface area contributed by atoms with Crippen molar-refractivity contribution in [2.75, 3.05) is 19.9 Å². The van der Waals surface area contributed by atoms with Crippen LogP contribution in [0.2, 0.25) is 0 Å². The molecule has 0 aliphatic carbocycles. The lowest BCUT2D eigenvalue weighted by atomic mass is 10.2. The number of hydrogen-bond acceptors (Lipinski definition) is 6. The summed E-state index contributed by atoms with van der Waals surface area (Å²) in [4.78, 5) is 2.14. The van der Waals surface area contributed by atoms with Crippen molar-refractivity contribution >= 4 is 16.5 Å². The Bertz CT molecular complexity index is 514. The normalized spacial score (nSPS) is 10.8. The van der Waals surface area contributed by atoms with Crippen LogP contribution in [-0.4, -0.2) is 28.6 Å². The van der Waals surface area contributed by atoms with Crippen LogP contribution >= 0.6 is 11.5 Å². The van der Waals surface area contributed by atoms with Gasteiger partial charge in [-0.3, -0.25) is 4.90 Å². The highest BCUT2D eigenvalue weighted by Gasteiger charge is 2.08. The molecule has 0 saturated carbocycles. The zero-order valence-corrected chi connectivity index (χ0v) is 11.3. The summed E-state index contributed by atoms with van der Waals surface area (Å²) in [6, 6.07) is 8.02. The van der Waals surface area contributed by atoms with Gasteiger partial charge in [-0.15, -0.1) is 5.10 Å².